The molecule has 0 spiro atoms. The maximum Gasteiger partial charge on any atom is 0.203 e. The number of rotatable bonds is 78. The van der Waals surface area contributed by atoms with Gasteiger partial charge in [0.25, 0.3) is 0 Å². The van der Waals surface area contributed by atoms with Crippen LogP contribution in [0, 0.1) is 0 Å². The molecule has 0 aliphatic heterocycles. The van der Waals surface area contributed by atoms with E-state index in [4.69, 9.17) is 37.9 Å². The summed E-state index contributed by atoms with van der Waals surface area (Å²) in [5, 5.41) is 0. The molecule has 0 bridgehead atoms. The lowest BCUT2D eigenvalue weighted by Crippen LogP contribution is -2.40. The van der Waals surface area contributed by atoms with Crippen LogP contribution in [0.2, 0.25) is 0 Å². The lowest BCUT2D eigenvalue weighted by molar-refractivity contribution is 0.214. The highest BCUT2D eigenvalue weighted by atomic mass is 16.5. The van der Waals surface area contributed by atoms with Crippen molar-refractivity contribution in [3.05, 3.63) is 95.1 Å². The highest BCUT2D eigenvalue weighted by Crippen LogP contribution is 2.68. The lowest BCUT2D eigenvalue weighted by atomic mass is 9.49. The fraction of sp³-hybridized carbons (Fsp3) is 0.765. The molecular formula is C102H172O8. The summed E-state index contributed by atoms with van der Waals surface area (Å²) in [5.41, 5.74) is 4.98. The Bertz CT molecular complexity index is 2430. The minimum atomic E-state index is 0.0106. The molecule has 628 valence electrons. The van der Waals surface area contributed by atoms with Gasteiger partial charge in [0.15, 0.2) is 23.0 Å². The second kappa shape index (κ2) is 66.6. The highest BCUT2D eigenvalue weighted by Gasteiger charge is 2.53. The molecule has 0 saturated heterocycles. The Morgan fingerprint density at radius 1 is 0.182 bits per heavy atom. The van der Waals surface area contributed by atoms with Crippen molar-refractivity contribution in [1.82, 2.24) is 0 Å². The van der Waals surface area contributed by atoms with Gasteiger partial charge in [-0.05, 0) is 133 Å². The molecule has 1 saturated carbocycles. The van der Waals surface area contributed by atoms with E-state index in [1.165, 1.54) is 330 Å². The van der Waals surface area contributed by atoms with Crippen LogP contribution in [0.1, 0.15) is 473 Å². The molecule has 8 heteroatoms. The largest absolute Gasteiger partial charge is 0.497 e. The minimum absolute atomic E-state index is 0.0106. The van der Waals surface area contributed by atoms with E-state index in [-0.39, 0.29) is 23.7 Å². The van der Waals surface area contributed by atoms with E-state index in [1.807, 2.05) is 0 Å². The molecule has 110 heavy (non-hydrogen) atoms. The molecule has 0 N–H and O–H groups in total. The van der Waals surface area contributed by atoms with Gasteiger partial charge in [-0.2, -0.15) is 0 Å². The Hall–Kier alpha value is -4.72. The van der Waals surface area contributed by atoms with E-state index in [2.05, 4.69) is 114 Å². The molecule has 1 aliphatic rings. The average molecular weight is 1530 g/mol. The van der Waals surface area contributed by atoms with Crippen LogP contribution in [0.3, 0.4) is 0 Å². The van der Waals surface area contributed by atoms with Crippen molar-refractivity contribution in [3.8, 4) is 46.0 Å². The number of hydrogen-bond acceptors (Lipinski definition) is 8. The van der Waals surface area contributed by atoms with Crippen LogP contribution in [0.4, 0.5) is 0 Å². The van der Waals surface area contributed by atoms with Crippen molar-refractivity contribution in [3.63, 3.8) is 0 Å². The van der Waals surface area contributed by atoms with Crippen molar-refractivity contribution in [2.75, 3.05) is 53.9 Å². The van der Waals surface area contributed by atoms with E-state index >= 15 is 0 Å². The molecule has 0 radical (unpaired) electrons. The van der Waals surface area contributed by atoms with Gasteiger partial charge in [0, 0.05) is 0 Å². The first kappa shape index (κ1) is 95.9. The Morgan fingerprint density at radius 2 is 0.336 bits per heavy atom. The monoisotopic (exact) mass is 1530 g/mol. The normalized spacial score (nSPS) is 14.8. The summed E-state index contributed by atoms with van der Waals surface area (Å²) in [6.45, 7) is 17.7. The van der Waals surface area contributed by atoms with Crippen LogP contribution in [0.25, 0.3) is 0 Å². The van der Waals surface area contributed by atoms with Crippen molar-refractivity contribution in [2.24, 2.45) is 0 Å². The third kappa shape index (κ3) is 41.5. The fourth-order valence-corrected chi connectivity index (χ4v) is 17.0. The maximum atomic E-state index is 7.24. The summed E-state index contributed by atoms with van der Waals surface area (Å²) in [6.07, 6.45) is 76.7. The summed E-state index contributed by atoms with van der Waals surface area (Å²) in [5.74, 6) is 6.64. The van der Waals surface area contributed by atoms with Crippen LogP contribution >= 0.6 is 0 Å². The molecule has 0 atom stereocenters. The predicted molar refractivity (Wildman–Crippen MR) is 474 cm³/mol. The molecule has 0 amide bonds. The van der Waals surface area contributed by atoms with Gasteiger partial charge in [-0.3, -0.25) is 0 Å². The number of unbranched alkanes of at least 4 members (excludes halogenated alkanes) is 54. The molecule has 1 aliphatic carbocycles. The van der Waals surface area contributed by atoms with E-state index in [0.717, 1.165) is 123 Å². The molecule has 0 unspecified atom stereocenters. The zero-order valence-corrected chi connectivity index (χ0v) is 73.2. The van der Waals surface area contributed by atoms with Crippen molar-refractivity contribution in [2.45, 2.75) is 450 Å². The average Bonchev–Trinajstić information content (AvgIpc) is 0.709. The van der Waals surface area contributed by atoms with E-state index in [9.17, 15) is 0 Å². The number of benzene rings is 4. The molecular weight excluding hydrogens is 1350 g/mol. The van der Waals surface area contributed by atoms with Gasteiger partial charge in [-0.15, -0.1) is 0 Å². The van der Waals surface area contributed by atoms with E-state index < -0.39 is 0 Å². The van der Waals surface area contributed by atoms with E-state index in [1.54, 1.807) is 14.2 Å². The van der Waals surface area contributed by atoms with Crippen LogP contribution in [0.5, 0.6) is 46.0 Å². The molecule has 5 rings (SSSR count). The molecule has 1 fully saturated rings. The first-order valence-corrected chi connectivity index (χ1v) is 47.9. The van der Waals surface area contributed by atoms with Crippen molar-refractivity contribution in [1.29, 1.82) is 0 Å². The first-order valence-electron chi connectivity index (χ1n) is 47.9. The third-order valence-corrected chi connectivity index (χ3v) is 23.9. The molecule has 4 aromatic rings. The second-order valence-electron chi connectivity index (χ2n) is 33.5. The van der Waals surface area contributed by atoms with Gasteiger partial charge < -0.3 is 37.9 Å². The summed E-state index contributed by atoms with van der Waals surface area (Å²) < 4.78 is 55.2. The Labute approximate surface area is 679 Å². The number of methoxy groups -OCH3 is 2. The van der Waals surface area contributed by atoms with Crippen LogP contribution in [-0.2, 0) is 0 Å². The summed E-state index contributed by atoms with van der Waals surface area (Å²) >= 11 is 0. The lowest BCUT2D eigenvalue weighted by Gasteiger charge is -2.54. The molecule has 8 nitrogen and oxygen atoms in total. The first-order chi connectivity index (χ1) is 54.5. The van der Waals surface area contributed by atoms with Gasteiger partial charge in [0.2, 0.25) is 11.5 Å². The topological polar surface area (TPSA) is 73.8 Å². The maximum absolute atomic E-state index is 7.24. The van der Waals surface area contributed by atoms with Gasteiger partial charge in [-0.25, -0.2) is 0 Å². The standard InChI is InChI=1S/C102H172O8/c1-9-15-21-27-33-39-45-51-57-63-77-105-93-83-89(84-94(106-78-64-58-52-46-40-34-28-22-16-10-2)101(93)109-81-67-61-55-49-43-37-31-25-19-13-5)99-97(87-69-73-91(103-7)74-70-87)100(98(99)88-71-75-92(104-8)76-72-88)90-85-95(107-79-65-59-53-47-41-35-29-23-17-11-3)102(110-82-68-62-56-50-44-38-32-26-20-14-6)96(86-90)108-80-66-60-54-48-42-36-30-24-18-12-4/h69-76,83-86,97-100H,9-68,77-82H2,1-8H3. The van der Waals surface area contributed by atoms with Crippen LogP contribution in [0.15, 0.2) is 72.8 Å². The Kier molecular flexibility index (Phi) is 58.0. The summed E-state index contributed by atoms with van der Waals surface area (Å²) in [6, 6.07) is 27.6. The zero-order valence-electron chi connectivity index (χ0n) is 73.2. The number of hydrogen-bond donors (Lipinski definition) is 0. The smallest absolute Gasteiger partial charge is 0.203 e. The van der Waals surface area contributed by atoms with E-state index in [0.29, 0.717) is 39.6 Å². The molecule has 4 aromatic carbocycles. The molecule has 0 heterocycles. The molecule has 0 aromatic heterocycles. The Balaban J connectivity index is 1.63. The fourth-order valence-electron chi connectivity index (χ4n) is 17.0. The van der Waals surface area contributed by atoms with Crippen molar-refractivity contribution >= 4 is 0 Å². The highest BCUT2D eigenvalue weighted by molar-refractivity contribution is 5.61. The SMILES string of the molecule is CCCCCCCCCCCCOc1cc(C2C(c3ccc(OC)cc3)C(c3cc(OCCCCCCCCCCCC)c(OCCCCCCCCCCCC)c(OCCCCCCCCCCCC)c3)C2c2ccc(OC)cc2)cc(OCCCCCCCCCCCC)c1OCCCCCCCCCCCC. The number of ether oxygens (including phenoxy) is 8. The van der Waals surface area contributed by atoms with Crippen LogP contribution < -0.4 is 37.9 Å². The second-order valence-corrected chi connectivity index (χ2v) is 33.5. The zero-order chi connectivity index (χ0) is 78.0. The Morgan fingerprint density at radius 3 is 0.509 bits per heavy atom. The summed E-state index contributed by atoms with van der Waals surface area (Å²) in [7, 11) is 3.57. The summed E-state index contributed by atoms with van der Waals surface area (Å²) in [4.78, 5) is 0. The predicted octanol–water partition coefficient (Wildman–Crippen LogP) is 33.0. The van der Waals surface area contributed by atoms with Crippen LogP contribution in [-0.4, -0.2) is 53.9 Å². The van der Waals surface area contributed by atoms with Gasteiger partial charge >= 0.3 is 0 Å². The van der Waals surface area contributed by atoms with Gasteiger partial charge in [-0.1, -0.05) is 413 Å². The van der Waals surface area contributed by atoms with Gasteiger partial charge in [0.1, 0.15) is 11.5 Å². The quantitative estimate of drug-likeness (QED) is 0.0405. The van der Waals surface area contributed by atoms with Gasteiger partial charge in [0.05, 0.1) is 53.9 Å². The van der Waals surface area contributed by atoms with Crippen molar-refractivity contribution < 1.29 is 37.9 Å². The minimum Gasteiger partial charge on any atom is -0.497 e. The third-order valence-electron chi connectivity index (χ3n) is 23.9.